The Morgan fingerprint density at radius 2 is 1.13 bits per heavy atom. The van der Waals surface area contributed by atoms with Gasteiger partial charge in [-0.1, -0.05) is 43.8 Å². The molecule has 16 heteroatoms. The molecular formula is C22H36FeN2O11P2. The van der Waals surface area contributed by atoms with E-state index in [1.165, 1.54) is 46.2 Å². The van der Waals surface area contributed by atoms with Crippen molar-refractivity contribution < 1.29 is 71.3 Å². The van der Waals surface area contributed by atoms with Crippen LogP contribution in [0.3, 0.4) is 0 Å². The van der Waals surface area contributed by atoms with Gasteiger partial charge in [-0.2, -0.15) is 0 Å². The summed E-state index contributed by atoms with van der Waals surface area (Å²) in [4.78, 5) is 40.8. The minimum atomic E-state index is -4.69. The number of aliphatic hydroxyl groups excluding tert-OH is 3. The van der Waals surface area contributed by atoms with Gasteiger partial charge in [0.2, 0.25) is 0 Å². The monoisotopic (exact) mass is 622 g/mol. The molecule has 13 nitrogen and oxygen atoms in total. The van der Waals surface area contributed by atoms with E-state index in [9.17, 15) is 54.2 Å². The Balaban J connectivity index is 0.00000684. The minimum absolute atomic E-state index is 0. The fraction of sp³-hybridized carbons (Fsp3) is 0.455. The van der Waals surface area contributed by atoms with Gasteiger partial charge in [0.1, 0.15) is 24.1 Å². The molecule has 1 unspecified atom stereocenters. The predicted octanol–water partition coefficient (Wildman–Crippen LogP) is 0.651. The average molecular weight is 622 g/mol. The summed E-state index contributed by atoms with van der Waals surface area (Å²) in [5.41, 5.74) is 0.834. The van der Waals surface area contributed by atoms with E-state index in [0.717, 1.165) is 0 Å². The molecule has 38 heavy (non-hydrogen) atoms. The van der Waals surface area contributed by atoms with Gasteiger partial charge in [0.15, 0.2) is 0 Å². The zero-order valence-corrected chi connectivity index (χ0v) is 22.6. The topological polar surface area (TPSA) is 223 Å². The number of phenols is 2. The van der Waals surface area contributed by atoms with Crippen molar-refractivity contribution in [3.8, 4) is 11.5 Å². The fourth-order valence-corrected chi connectivity index (χ4v) is 5.35. The summed E-state index contributed by atoms with van der Waals surface area (Å²) in [5.74, 6) is -0.556. The van der Waals surface area contributed by atoms with Crippen LogP contribution >= 0.6 is 15.2 Å². The number of nitrogens with zero attached hydrogens (tertiary/aromatic N) is 2. The molecule has 0 fully saturated rings. The molecule has 0 aliphatic rings. The van der Waals surface area contributed by atoms with Crippen LogP contribution in [-0.4, -0.2) is 86.7 Å². The molecule has 0 aliphatic heterocycles. The van der Waals surface area contributed by atoms with E-state index < -0.39 is 53.6 Å². The molecule has 0 bridgehead atoms. The molecule has 0 amide bonds. The maximum Gasteiger partial charge on any atom is 0.339 e. The predicted molar refractivity (Wildman–Crippen MR) is 135 cm³/mol. The van der Waals surface area contributed by atoms with Crippen molar-refractivity contribution in [3.05, 3.63) is 58.7 Å². The van der Waals surface area contributed by atoms with Crippen molar-refractivity contribution >= 4 is 15.2 Å². The largest absolute Gasteiger partial charge is 0.507 e. The molecule has 0 radical (unpaired) electrons. The first-order chi connectivity index (χ1) is 16.8. The van der Waals surface area contributed by atoms with E-state index in [1.54, 1.807) is 0 Å². The molecule has 0 aromatic heterocycles. The van der Waals surface area contributed by atoms with Gasteiger partial charge in [0.05, 0.1) is 19.8 Å². The summed E-state index contributed by atoms with van der Waals surface area (Å²) in [6, 6.07) is 7.90. The van der Waals surface area contributed by atoms with E-state index in [2.05, 4.69) is 0 Å². The first-order valence-electron chi connectivity index (χ1n) is 10.8. The van der Waals surface area contributed by atoms with Crippen LogP contribution in [-0.2, 0) is 52.5 Å². The van der Waals surface area contributed by atoms with Crippen molar-refractivity contribution in [2.75, 3.05) is 25.7 Å². The Morgan fingerprint density at radius 3 is 1.53 bits per heavy atom. The van der Waals surface area contributed by atoms with E-state index in [1.807, 2.05) is 0 Å². The van der Waals surface area contributed by atoms with Crippen molar-refractivity contribution in [2.24, 2.45) is 0 Å². The molecule has 0 heterocycles. The summed E-state index contributed by atoms with van der Waals surface area (Å²) < 4.78 is 23.7. The Hall–Kier alpha value is -1.34. The molecule has 0 aliphatic carbocycles. The molecule has 0 spiro atoms. The quantitative estimate of drug-likeness (QED) is 0.104. The van der Waals surface area contributed by atoms with E-state index in [4.69, 9.17) is 0 Å². The molecule has 1 atom stereocenters. The van der Waals surface area contributed by atoms with Gasteiger partial charge >= 0.3 is 15.2 Å². The first-order valence-corrected chi connectivity index (χ1v) is 14.3. The van der Waals surface area contributed by atoms with Gasteiger partial charge < -0.3 is 45.1 Å². The fourth-order valence-electron chi connectivity index (χ4n) is 3.81. The SMILES string of the molecule is C.O=P(O)(O)CN(Cc1cccc(CO)c1O)CC(CO)N(Cc1cccc(CO)c1O)CP(=O)(O)O.[Fe]. The molecule has 2 aromatic rings. The van der Waals surface area contributed by atoms with Crippen LogP contribution in [0.2, 0.25) is 0 Å². The van der Waals surface area contributed by atoms with Gasteiger partial charge in [-0.05, 0) is 0 Å². The van der Waals surface area contributed by atoms with Crippen molar-refractivity contribution in [3.63, 3.8) is 0 Å². The van der Waals surface area contributed by atoms with E-state index in [-0.39, 0.29) is 77.9 Å². The molecule has 2 rings (SSSR count). The second kappa shape index (κ2) is 16.1. The van der Waals surface area contributed by atoms with Crippen molar-refractivity contribution in [1.82, 2.24) is 9.80 Å². The Kier molecular flexibility index (Phi) is 15.5. The van der Waals surface area contributed by atoms with Gasteiger partial charge in [-0.25, -0.2) is 0 Å². The van der Waals surface area contributed by atoms with Crippen LogP contribution < -0.4 is 0 Å². The van der Waals surface area contributed by atoms with E-state index >= 15 is 0 Å². The second-order valence-corrected chi connectivity index (χ2v) is 11.6. The van der Waals surface area contributed by atoms with E-state index in [0.29, 0.717) is 0 Å². The number of para-hydroxylation sites is 2. The van der Waals surface area contributed by atoms with Crippen LogP contribution in [0.15, 0.2) is 36.4 Å². The molecule has 0 saturated carbocycles. The smallest absolute Gasteiger partial charge is 0.339 e. The standard InChI is InChI=1S/C21H32N2O11P2.CH4.Fe/c24-10-17-5-1-3-15(20(17)27)7-22(13-35(29,30)31)9-19(12-26)23(14-36(32,33)34)8-16-4-2-6-18(11-25)21(16)28;;/h1-6,19,24-28H,7-14H2,(H2,29,30,31)(H2,32,33,34);1H4;. The summed E-state index contributed by atoms with van der Waals surface area (Å²) >= 11 is 0. The second-order valence-electron chi connectivity index (χ2n) is 8.37. The van der Waals surface area contributed by atoms with Crippen LogP contribution in [0, 0.1) is 0 Å². The number of benzene rings is 2. The third-order valence-electron chi connectivity index (χ3n) is 5.46. The summed E-state index contributed by atoms with van der Waals surface area (Å²) in [6.45, 7) is -2.37. The van der Waals surface area contributed by atoms with Gasteiger partial charge in [0.25, 0.3) is 0 Å². The van der Waals surface area contributed by atoms with Gasteiger partial charge in [-0.3, -0.25) is 18.9 Å². The first kappa shape index (κ1) is 36.7. The summed E-state index contributed by atoms with van der Waals surface area (Å²) in [5, 5.41) is 49.6. The number of rotatable bonds is 14. The van der Waals surface area contributed by atoms with Gasteiger partial charge in [-0.15, -0.1) is 0 Å². The summed E-state index contributed by atoms with van der Waals surface area (Å²) in [6.07, 6.45) is -1.63. The van der Waals surface area contributed by atoms with Crippen LogP contribution in [0.1, 0.15) is 29.7 Å². The normalized spacial score (nSPS) is 12.8. The Labute approximate surface area is 231 Å². The van der Waals surface area contributed by atoms with Crippen molar-refractivity contribution in [1.29, 1.82) is 0 Å². The third kappa shape index (κ3) is 11.4. The van der Waals surface area contributed by atoms with Gasteiger partial charge in [0, 0.05) is 65.0 Å². The maximum atomic E-state index is 11.9. The molecule has 9 N–H and O–H groups in total. The zero-order chi connectivity index (χ0) is 27.1. The zero-order valence-electron chi connectivity index (χ0n) is 19.7. The third-order valence-corrected chi connectivity index (χ3v) is 6.96. The molecule has 0 saturated heterocycles. The number of aliphatic hydroxyl groups is 3. The summed E-state index contributed by atoms with van der Waals surface area (Å²) in [7, 11) is -9.33. The average Bonchev–Trinajstić information content (AvgIpc) is 2.77. The number of aromatic hydroxyl groups is 2. The Morgan fingerprint density at radius 1 is 0.711 bits per heavy atom. The number of hydrogen-bond acceptors (Lipinski definition) is 9. The van der Waals surface area contributed by atoms with Crippen LogP contribution in [0.4, 0.5) is 0 Å². The molecule has 218 valence electrons. The van der Waals surface area contributed by atoms with Crippen LogP contribution in [0.25, 0.3) is 0 Å². The van der Waals surface area contributed by atoms with Crippen LogP contribution in [0.5, 0.6) is 11.5 Å². The Bertz CT molecular complexity index is 1110. The molecule has 2 aromatic carbocycles. The molecular weight excluding hydrogens is 586 g/mol. The minimum Gasteiger partial charge on any atom is -0.507 e. The maximum absolute atomic E-state index is 11.9. The number of hydrogen-bond donors (Lipinski definition) is 9. The van der Waals surface area contributed by atoms with Crippen molar-refractivity contribution in [2.45, 2.75) is 39.8 Å².